The van der Waals surface area contributed by atoms with Gasteiger partial charge in [-0.05, 0) is 47.9 Å². The Kier molecular flexibility index (Phi) is 10.9. The molecule has 2 aromatic rings. The van der Waals surface area contributed by atoms with Crippen molar-refractivity contribution in [2.24, 2.45) is 9.98 Å². The van der Waals surface area contributed by atoms with Crippen molar-refractivity contribution >= 4 is 12.4 Å². The van der Waals surface area contributed by atoms with Gasteiger partial charge in [0.1, 0.15) is 0 Å². The fourth-order valence-electron chi connectivity index (χ4n) is 3.27. The molecule has 0 radical (unpaired) electrons. The molecule has 0 aromatic heterocycles. The second-order valence-electron chi connectivity index (χ2n) is 7.47. The first-order valence-corrected chi connectivity index (χ1v) is 11.0. The largest absolute Gasteiger partial charge is 0.291 e. The first-order chi connectivity index (χ1) is 13.8. The number of rotatable bonds is 13. The van der Waals surface area contributed by atoms with Crippen molar-refractivity contribution < 1.29 is 0 Å². The van der Waals surface area contributed by atoms with Crippen LogP contribution >= 0.6 is 0 Å². The second-order valence-corrected chi connectivity index (χ2v) is 7.47. The third-order valence-electron chi connectivity index (χ3n) is 4.88. The SMILES string of the molecule is CCCCCc1cccc(/C=N\CC/N=C\c2cccc(CCCCC)c2)c1. The molecule has 2 heteroatoms. The Morgan fingerprint density at radius 2 is 1.11 bits per heavy atom. The van der Waals surface area contributed by atoms with Crippen molar-refractivity contribution in [3.05, 3.63) is 70.8 Å². The Labute approximate surface area is 171 Å². The van der Waals surface area contributed by atoms with Crippen molar-refractivity contribution in [1.82, 2.24) is 0 Å². The highest BCUT2D eigenvalue weighted by atomic mass is 14.8. The molecule has 2 nitrogen and oxygen atoms in total. The van der Waals surface area contributed by atoms with E-state index in [9.17, 15) is 0 Å². The highest BCUT2D eigenvalue weighted by Crippen LogP contribution is 2.09. The van der Waals surface area contributed by atoms with Gasteiger partial charge in [0.05, 0.1) is 13.1 Å². The van der Waals surface area contributed by atoms with Crippen LogP contribution in [0.3, 0.4) is 0 Å². The van der Waals surface area contributed by atoms with Crippen molar-refractivity contribution in [3.63, 3.8) is 0 Å². The molecular weight excluding hydrogens is 340 g/mol. The first-order valence-electron chi connectivity index (χ1n) is 11.0. The Morgan fingerprint density at radius 1 is 0.643 bits per heavy atom. The van der Waals surface area contributed by atoms with Gasteiger partial charge in [0, 0.05) is 12.4 Å². The maximum Gasteiger partial charge on any atom is 0.0585 e. The topological polar surface area (TPSA) is 24.7 Å². The summed E-state index contributed by atoms with van der Waals surface area (Å²) in [6, 6.07) is 17.5. The molecule has 2 rings (SSSR count). The predicted molar refractivity (Wildman–Crippen MR) is 124 cm³/mol. The number of aliphatic imine (C=N–C) groups is 2. The summed E-state index contributed by atoms with van der Waals surface area (Å²) >= 11 is 0. The van der Waals surface area contributed by atoms with Gasteiger partial charge in [0.2, 0.25) is 0 Å². The molecule has 0 heterocycles. The second kappa shape index (κ2) is 13.9. The summed E-state index contributed by atoms with van der Waals surface area (Å²) in [5.41, 5.74) is 5.21. The molecule has 0 aliphatic rings. The third-order valence-corrected chi connectivity index (χ3v) is 4.88. The van der Waals surface area contributed by atoms with Gasteiger partial charge < -0.3 is 0 Å². The van der Waals surface area contributed by atoms with Crippen LogP contribution in [0.25, 0.3) is 0 Å². The Morgan fingerprint density at radius 3 is 1.54 bits per heavy atom. The molecule has 0 amide bonds. The number of unbranched alkanes of at least 4 members (excludes halogenated alkanes) is 4. The lowest BCUT2D eigenvalue weighted by molar-refractivity contribution is 0.717. The van der Waals surface area contributed by atoms with E-state index in [4.69, 9.17) is 0 Å². The minimum absolute atomic E-state index is 0.729. The smallest absolute Gasteiger partial charge is 0.0585 e. The van der Waals surface area contributed by atoms with E-state index < -0.39 is 0 Å². The average molecular weight is 377 g/mol. The summed E-state index contributed by atoms with van der Waals surface area (Å²) in [6.45, 7) is 5.95. The zero-order valence-electron chi connectivity index (χ0n) is 17.7. The van der Waals surface area contributed by atoms with Gasteiger partial charge in [-0.15, -0.1) is 0 Å². The number of aryl methyl sites for hydroxylation is 2. The fraction of sp³-hybridized carbons (Fsp3) is 0.462. The van der Waals surface area contributed by atoms with Gasteiger partial charge in [-0.25, -0.2) is 0 Å². The lowest BCUT2D eigenvalue weighted by Crippen LogP contribution is -1.93. The minimum Gasteiger partial charge on any atom is -0.291 e. The van der Waals surface area contributed by atoms with E-state index >= 15 is 0 Å². The molecular formula is C26H36N2. The molecule has 0 saturated heterocycles. The number of hydrogen-bond donors (Lipinski definition) is 0. The quantitative estimate of drug-likeness (QED) is 0.275. The van der Waals surface area contributed by atoms with Gasteiger partial charge in [-0.2, -0.15) is 0 Å². The minimum atomic E-state index is 0.729. The van der Waals surface area contributed by atoms with Gasteiger partial charge >= 0.3 is 0 Å². The number of nitrogens with zero attached hydrogens (tertiary/aromatic N) is 2. The predicted octanol–water partition coefficient (Wildman–Crippen LogP) is 6.69. The zero-order chi connectivity index (χ0) is 19.9. The highest BCUT2D eigenvalue weighted by Gasteiger charge is 1.96. The number of benzene rings is 2. The maximum absolute atomic E-state index is 4.54. The van der Waals surface area contributed by atoms with E-state index in [0.717, 1.165) is 25.9 Å². The Balaban J connectivity index is 1.74. The van der Waals surface area contributed by atoms with Crippen LogP contribution in [0.5, 0.6) is 0 Å². The molecule has 0 N–H and O–H groups in total. The standard InChI is InChI=1S/C26H36N2/c1-3-5-7-11-23-13-9-15-25(19-23)21-27-17-18-28-22-26-16-10-14-24(20-26)12-8-6-4-2/h9-10,13-16,19-22H,3-8,11-12,17-18H2,1-2H3/b27-21-,28-22-. The van der Waals surface area contributed by atoms with Gasteiger partial charge in [0.25, 0.3) is 0 Å². The summed E-state index contributed by atoms with van der Waals surface area (Å²) < 4.78 is 0. The molecule has 0 atom stereocenters. The van der Waals surface area contributed by atoms with Gasteiger partial charge in [0.15, 0.2) is 0 Å². The van der Waals surface area contributed by atoms with E-state index in [1.807, 2.05) is 12.4 Å². The molecule has 0 spiro atoms. The highest BCUT2D eigenvalue weighted by molar-refractivity contribution is 5.80. The van der Waals surface area contributed by atoms with Crippen LogP contribution in [-0.4, -0.2) is 25.5 Å². The molecule has 28 heavy (non-hydrogen) atoms. The monoisotopic (exact) mass is 376 g/mol. The normalized spacial score (nSPS) is 11.6. The summed E-state index contributed by atoms with van der Waals surface area (Å²) in [6.07, 6.45) is 14.0. The first kappa shape index (κ1) is 22.1. The zero-order valence-corrected chi connectivity index (χ0v) is 17.7. The molecule has 0 unspecified atom stereocenters. The molecule has 150 valence electrons. The van der Waals surface area contributed by atoms with Crippen LogP contribution < -0.4 is 0 Å². The van der Waals surface area contributed by atoms with E-state index in [1.54, 1.807) is 0 Å². The average Bonchev–Trinajstić information content (AvgIpc) is 2.72. The summed E-state index contributed by atoms with van der Waals surface area (Å²) in [7, 11) is 0. The fourth-order valence-corrected chi connectivity index (χ4v) is 3.27. The van der Waals surface area contributed by atoms with Gasteiger partial charge in [-0.3, -0.25) is 9.98 Å². The van der Waals surface area contributed by atoms with E-state index in [0.29, 0.717) is 0 Å². The third kappa shape index (κ3) is 9.12. The lowest BCUT2D eigenvalue weighted by Gasteiger charge is -2.02. The Bertz CT molecular complexity index is 667. The molecule has 0 saturated carbocycles. The van der Waals surface area contributed by atoms with E-state index in [1.165, 1.54) is 60.8 Å². The van der Waals surface area contributed by atoms with Crippen molar-refractivity contribution in [3.8, 4) is 0 Å². The summed E-state index contributed by atoms with van der Waals surface area (Å²) in [5.74, 6) is 0. The van der Waals surface area contributed by atoms with Crippen LogP contribution in [0, 0.1) is 0 Å². The van der Waals surface area contributed by atoms with Gasteiger partial charge in [-0.1, -0.05) is 88.1 Å². The van der Waals surface area contributed by atoms with E-state index in [-0.39, 0.29) is 0 Å². The van der Waals surface area contributed by atoms with Crippen LogP contribution in [0.15, 0.2) is 58.5 Å². The molecule has 0 fully saturated rings. The molecule has 0 bridgehead atoms. The lowest BCUT2D eigenvalue weighted by atomic mass is 10.1. The maximum atomic E-state index is 4.54. The molecule has 2 aromatic carbocycles. The van der Waals surface area contributed by atoms with Crippen LogP contribution in [0.2, 0.25) is 0 Å². The van der Waals surface area contributed by atoms with Crippen molar-refractivity contribution in [2.75, 3.05) is 13.1 Å². The Hall–Kier alpha value is -2.22. The summed E-state index contributed by atoms with van der Waals surface area (Å²) in [5, 5.41) is 0. The molecule has 0 aliphatic carbocycles. The molecule has 0 aliphatic heterocycles. The number of hydrogen-bond acceptors (Lipinski definition) is 2. The van der Waals surface area contributed by atoms with E-state index in [2.05, 4.69) is 72.4 Å². The van der Waals surface area contributed by atoms with Crippen molar-refractivity contribution in [1.29, 1.82) is 0 Å². The van der Waals surface area contributed by atoms with Crippen LogP contribution in [0.1, 0.15) is 74.6 Å². The van der Waals surface area contributed by atoms with Crippen LogP contribution in [0.4, 0.5) is 0 Å². The van der Waals surface area contributed by atoms with Crippen molar-refractivity contribution in [2.45, 2.75) is 65.2 Å². The van der Waals surface area contributed by atoms with Crippen LogP contribution in [-0.2, 0) is 12.8 Å². The summed E-state index contributed by atoms with van der Waals surface area (Å²) in [4.78, 5) is 9.08.